The Bertz CT molecular complexity index is 1220. The highest BCUT2D eigenvalue weighted by Gasteiger charge is 2.12. The smallest absolute Gasteiger partial charge is 0.266 e. The first kappa shape index (κ1) is 24.2. The average Bonchev–Trinajstić information content (AvgIpc) is 2.78. The molecule has 1 amide bonds. The van der Waals surface area contributed by atoms with Crippen molar-refractivity contribution in [1.82, 2.24) is 0 Å². The van der Waals surface area contributed by atoms with Crippen LogP contribution in [-0.4, -0.2) is 13.0 Å². The summed E-state index contributed by atoms with van der Waals surface area (Å²) >= 11 is 12.2. The molecule has 7 heteroatoms. The van der Waals surface area contributed by atoms with Gasteiger partial charge in [0, 0.05) is 21.3 Å². The van der Waals surface area contributed by atoms with E-state index in [1.54, 1.807) is 49.6 Å². The van der Waals surface area contributed by atoms with Crippen LogP contribution < -0.4 is 14.8 Å². The Balaban J connectivity index is 1.76. The van der Waals surface area contributed by atoms with Crippen molar-refractivity contribution in [3.8, 4) is 17.6 Å². The van der Waals surface area contributed by atoms with Gasteiger partial charge in [0.25, 0.3) is 5.91 Å². The van der Waals surface area contributed by atoms with Crippen molar-refractivity contribution in [1.29, 1.82) is 5.26 Å². The lowest BCUT2D eigenvalue weighted by atomic mass is 10.0. The summed E-state index contributed by atoms with van der Waals surface area (Å²) in [5.41, 5.74) is 3.86. The van der Waals surface area contributed by atoms with Gasteiger partial charge in [-0.15, -0.1) is 0 Å². The number of carbonyl (C=O) groups excluding carboxylic acids is 1. The van der Waals surface area contributed by atoms with Crippen LogP contribution in [0.2, 0.25) is 10.0 Å². The van der Waals surface area contributed by atoms with E-state index in [1.165, 1.54) is 0 Å². The number of nitriles is 1. The Morgan fingerprint density at radius 1 is 1.06 bits per heavy atom. The average molecular weight is 481 g/mol. The molecule has 0 radical (unpaired) electrons. The van der Waals surface area contributed by atoms with E-state index in [0.717, 1.165) is 28.0 Å². The van der Waals surface area contributed by atoms with Gasteiger partial charge in [-0.2, -0.15) is 5.26 Å². The van der Waals surface area contributed by atoms with Crippen LogP contribution in [-0.2, 0) is 11.4 Å². The first-order valence-electron chi connectivity index (χ1n) is 10.1. The molecular weight excluding hydrogens is 459 g/mol. The highest BCUT2D eigenvalue weighted by atomic mass is 35.5. The SMILES string of the molecule is COc1ccc(NC(=O)/C(C#N)=C/c2cc(C)c(OCc3ccc(Cl)cc3Cl)c(C)c2)cc1. The largest absolute Gasteiger partial charge is 0.497 e. The number of hydrogen-bond acceptors (Lipinski definition) is 4. The minimum absolute atomic E-state index is 0.00812. The van der Waals surface area contributed by atoms with Crippen molar-refractivity contribution in [3.63, 3.8) is 0 Å². The minimum atomic E-state index is -0.490. The second-order valence-corrected chi connectivity index (χ2v) is 8.20. The van der Waals surface area contributed by atoms with Crippen molar-refractivity contribution in [2.24, 2.45) is 0 Å². The summed E-state index contributed by atoms with van der Waals surface area (Å²) < 4.78 is 11.1. The molecule has 1 N–H and O–H groups in total. The molecule has 0 saturated heterocycles. The maximum atomic E-state index is 12.6. The molecule has 0 bridgehead atoms. The van der Waals surface area contributed by atoms with E-state index in [1.807, 2.05) is 38.1 Å². The summed E-state index contributed by atoms with van der Waals surface area (Å²) in [5, 5.41) is 13.3. The fourth-order valence-corrected chi connectivity index (χ4v) is 3.73. The first-order valence-corrected chi connectivity index (χ1v) is 10.8. The van der Waals surface area contributed by atoms with Gasteiger partial charge in [0.1, 0.15) is 29.7 Å². The minimum Gasteiger partial charge on any atom is -0.497 e. The Labute approximate surface area is 203 Å². The highest BCUT2D eigenvalue weighted by Crippen LogP contribution is 2.29. The van der Waals surface area contributed by atoms with E-state index in [-0.39, 0.29) is 5.57 Å². The van der Waals surface area contributed by atoms with E-state index in [9.17, 15) is 10.1 Å². The van der Waals surface area contributed by atoms with Crippen LogP contribution in [0.25, 0.3) is 6.08 Å². The van der Waals surface area contributed by atoms with Crippen LogP contribution in [0, 0.1) is 25.2 Å². The molecule has 0 unspecified atom stereocenters. The Morgan fingerprint density at radius 3 is 2.30 bits per heavy atom. The summed E-state index contributed by atoms with van der Waals surface area (Å²) in [7, 11) is 1.57. The maximum absolute atomic E-state index is 12.6. The lowest BCUT2D eigenvalue weighted by Crippen LogP contribution is -2.13. The van der Waals surface area contributed by atoms with E-state index in [2.05, 4.69) is 5.32 Å². The number of anilines is 1. The predicted molar refractivity (Wildman–Crippen MR) is 132 cm³/mol. The number of rotatable bonds is 7. The second-order valence-electron chi connectivity index (χ2n) is 7.36. The van der Waals surface area contributed by atoms with Gasteiger partial charge in [0.15, 0.2) is 0 Å². The number of ether oxygens (including phenoxy) is 2. The van der Waals surface area contributed by atoms with Crippen molar-refractivity contribution in [2.45, 2.75) is 20.5 Å². The summed E-state index contributed by atoms with van der Waals surface area (Å²) in [4.78, 5) is 12.6. The maximum Gasteiger partial charge on any atom is 0.266 e. The third kappa shape index (κ3) is 6.29. The van der Waals surface area contributed by atoms with Gasteiger partial charge in [-0.1, -0.05) is 29.3 Å². The van der Waals surface area contributed by atoms with Gasteiger partial charge in [-0.25, -0.2) is 0 Å². The van der Waals surface area contributed by atoms with Gasteiger partial charge in [0.2, 0.25) is 0 Å². The van der Waals surface area contributed by atoms with Crippen LogP contribution >= 0.6 is 23.2 Å². The van der Waals surface area contributed by atoms with Crippen molar-refractivity contribution >= 4 is 40.9 Å². The molecule has 0 aliphatic carbocycles. The number of nitrogens with zero attached hydrogens (tertiary/aromatic N) is 1. The predicted octanol–water partition coefficient (Wildman–Crippen LogP) is 6.74. The van der Waals surface area contributed by atoms with Crippen LogP contribution in [0.5, 0.6) is 11.5 Å². The lowest BCUT2D eigenvalue weighted by molar-refractivity contribution is -0.112. The topological polar surface area (TPSA) is 71.3 Å². The molecule has 0 saturated carbocycles. The van der Waals surface area contributed by atoms with Crippen LogP contribution in [0.3, 0.4) is 0 Å². The number of aryl methyl sites for hydroxylation is 2. The molecule has 0 fully saturated rings. The van der Waals surface area contributed by atoms with Crippen LogP contribution in [0.15, 0.2) is 60.2 Å². The normalized spacial score (nSPS) is 11.0. The molecule has 168 valence electrons. The molecule has 0 spiro atoms. The molecule has 3 aromatic rings. The molecule has 0 aliphatic rings. The highest BCUT2D eigenvalue weighted by molar-refractivity contribution is 6.35. The number of nitrogens with one attached hydrogen (secondary N) is 1. The lowest BCUT2D eigenvalue weighted by Gasteiger charge is -2.14. The van der Waals surface area contributed by atoms with Crippen molar-refractivity contribution < 1.29 is 14.3 Å². The van der Waals surface area contributed by atoms with Gasteiger partial charge >= 0.3 is 0 Å². The van der Waals surface area contributed by atoms with E-state index >= 15 is 0 Å². The fourth-order valence-electron chi connectivity index (χ4n) is 3.27. The Kier molecular flexibility index (Phi) is 8.00. The van der Waals surface area contributed by atoms with E-state index in [0.29, 0.717) is 28.1 Å². The van der Waals surface area contributed by atoms with Gasteiger partial charge in [0.05, 0.1) is 7.11 Å². The number of carbonyl (C=O) groups is 1. The molecule has 3 aromatic carbocycles. The number of amides is 1. The van der Waals surface area contributed by atoms with Gasteiger partial charge in [-0.05, 0) is 85.1 Å². The molecular formula is C26H22Cl2N2O3. The number of methoxy groups -OCH3 is 1. The van der Waals surface area contributed by atoms with Gasteiger partial charge in [-0.3, -0.25) is 4.79 Å². The Hall–Kier alpha value is -3.46. The first-order chi connectivity index (χ1) is 15.8. The van der Waals surface area contributed by atoms with Crippen molar-refractivity contribution in [3.05, 3.63) is 92.5 Å². The standard InChI is InChI=1S/C26H22Cl2N2O3/c1-16-10-18(11-17(2)25(16)33-15-19-4-5-21(27)13-24(19)28)12-20(14-29)26(31)30-22-6-8-23(32-3)9-7-22/h4-13H,15H2,1-3H3,(H,30,31)/b20-12+. The molecule has 0 aromatic heterocycles. The molecule has 5 nitrogen and oxygen atoms in total. The zero-order chi connectivity index (χ0) is 24.0. The zero-order valence-electron chi connectivity index (χ0n) is 18.4. The Morgan fingerprint density at radius 2 is 1.73 bits per heavy atom. The molecule has 0 heterocycles. The monoisotopic (exact) mass is 480 g/mol. The molecule has 0 aliphatic heterocycles. The fraction of sp³-hybridized carbons (Fsp3) is 0.154. The second kappa shape index (κ2) is 10.9. The number of halogens is 2. The van der Waals surface area contributed by atoms with Crippen LogP contribution in [0.4, 0.5) is 5.69 Å². The molecule has 0 atom stereocenters. The molecule has 3 rings (SSSR count). The van der Waals surface area contributed by atoms with Gasteiger partial charge < -0.3 is 14.8 Å². The zero-order valence-corrected chi connectivity index (χ0v) is 19.9. The van der Waals surface area contributed by atoms with E-state index in [4.69, 9.17) is 32.7 Å². The molecule has 33 heavy (non-hydrogen) atoms. The van der Waals surface area contributed by atoms with E-state index < -0.39 is 5.91 Å². The summed E-state index contributed by atoms with van der Waals surface area (Å²) in [6, 6.07) is 17.8. The summed E-state index contributed by atoms with van der Waals surface area (Å²) in [6.45, 7) is 4.11. The number of hydrogen-bond donors (Lipinski definition) is 1. The van der Waals surface area contributed by atoms with Crippen LogP contribution in [0.1, 0.15) is 22.3 Å². The van der Waals surface area contributed by atoms with Crippen molar-refractivity contribution in [2.75, 3.05) is 12.4 Å². The summed E-state index contributed by atoms with van der Waals surface area (Å²) in [5.74, 6) is 0.908. The quantitative estimate of drug-likeness (QED) is 0.300. The number of benzene rings is 3. The third-order valence-corrected chi connectivity index (χ3v) is 5.48. The summed E-state index contributed by atoms with van der Waals surface area (Å²) in [6.07, 6.45) is 1.55. The third-order valence-electron chi connectivity index (χ3n) is 4.89.